The molecule has 0 aromatic rings. The Kier molecular flexibility index (Phi) is 6.32. The van der Waals surface area contributed by atoms with Crippen LogP contribution in [0.2, 0.25) is 0 Å². The van der Waals surface area contributed by atoms with E-state index in [0.29, 0.717) is 23.0 Å². The van der Waals surface area contributed by atoms with Gasteiger partial charge in [0.1, 0.15) is 0 Å². The molecule has 1 aliphatic rings. The molecule has 0 aromatic carbocycles. The van der Waals surface area contributed by atoms with E-state index in [0.717, 1.165) is 19.6 Å². The minimum atomic E-state index is 0.380. The van der Waals surface area contributed by atoms with Gasteiger partial charge in [-0.05, 0) is 44.1 Å². The van der Waals surface area contributed by atoms with Crippen LogP contribution in [0.1, 0.15) is 73.6 Å². The molecule has 1 aliphatic carbocycles. The lowest BCUT2D eigenvalue weighted by atomic mass is 9.58. The highest BCUT2D eigenvalue weighted by atomic mass is 16.5. The number of nitrogens with one attached hydrogen (secondary N) is 1. The molecule has 1 N–H and O–H groups in total. The zero-order valence-electron chi connectivity index (χ0n) is 14.0. The predicted octanol–water partition coefficient (Wildman–Crippen LogP) is 4.39. The van der Waals surface area contributed by atoms with Gasteiger partial charge in [0.2, 0.25) is 0 Å². The lowest BCUT2D eigenvalue weighted by Crippen LogP contribution is -2.63. The standard InChI is InChI=1S/C17H35NO/c1-7-11-18-14-13-15(17(14,8-2)9-3)19-12-10-16(4,5)6/h14-15,18H,7-13H2,1-6H3. The van der Waals surface area contributed by atoms with Crippen molar-refractivity contribution in [2.75, 3.05) is 13.2 Å². The lowest BCUT2D eigenvalue weighted by Gasteiger charge is -2.56. The second-order valence-corrected chi connectivity index (χ2v) is 7.35. The number of rotatable bonds is 8. The molecule has 1 rings (SSSR count). The van der Waals surface area contributed by atoms with Crippen molar-refractivity contribution in [3.8, 4) is 0 Å². The molecule has 0 aromatic heterocycles. The summed E-state index contributed by atoms with van der Waals surface area (Å²) in [5.41, 5.74) is 0.762. The maximum absolute atomic E-state index is 6.22. The fourth-order valence-electron chi connectivity index (χ4n) is 3.29. The SMILES string of the molecule is CCCNC1CC(OCCC(C)(C)C)C1(CC)CC. The zero-order valence-corrected chi connectivity index (χ0v) is 14.0. The van der Waals surface area contributed by atoms with Gasteiger partial charge in [-0.15, -0.1) is 0 Å². The van der Waals surface area contributed by atoms with E-state index < -0.39 is 0 Å². The molecule has 0 bridgehead atoms. The van der Waals surface area contributed by atoms with Crippen LogP contribution in [0, 0.1) is 10.8 Å². The summed E-state index contributed by atoms with van der Waals surface area (Å²) >= 11 is 0. The third-order valence-electron chi connectivity index (χ3n) is 4.91. The molecule has 0 aliphatic heterocycles. The quantitative estimate of drug-likeness (QED) is 0.706. The fraction of sp³-hybridized carbons (Fsp3) is 1.00. The predicted molar refractivity (Wildman–Crippen MR) is 83.5 cm³/mol. The first-order chi connectivity index (χ1) is 8.89. The summed E-state index contributed by atoms with van der Waals surface area (Å²) in [6.45, 7) is 15.8. The van der Waals surface area contributed by atoms with Gasteiger partial charge in [0.05, 0.1) is 6.10 Å². The van der Waals surface area contributed by atoms with Gasteiger partial charge in [0.15, 0.2) is 0 Å². The molecule has 19 heavy (non-hydrogen) atoms. The normalized spacial score (nSPS) is 26.2. The Morgan fingerprint density at radius 1 is 1.16 bits per heavy atom. The molecular weight excluding hydrogens is 234 g/mol. The van der Waals surface area contributed by atoms with E-state index in [-0.39, 0.29) is 0 Å². The Morgan fingerprint density at radius 2 is 1.79 bits per heavy atom. The molecule has 0 spiro atoms. The molecular formula is C17H35NO. The number of hydrogen-bond acceptors (Lipinski definition) is 2. The number of hydrogen-bond donors (Lipinski definition) is 1. The van der Waals surface area contributed by atoms with E-state index in [1.54, 1.807) is 0 Å². The first-order valence-electron chi connectivity index (χ1n) is 8.24. The van der Waals surface area contributed by atoms with Crippen LogP contribution in [0.4, 0.5) is 0 Å². The van der Waals surface area contributed by atoms with Crippen molar-refractivity contribution in [3.05, 3.63) is 0 Å². The van der Waals surface area contributed by atoms with Crippen molar-refractivity contribution in [2.24, 2.45) is 10.8 Å². The Balaban J connectivity index is 2.46. The Hall–Kier alpha value is -0.0800. The maximum Gasteiger partial charge on any atom is 0.0661 e. The summed E-state index contributed by atoms with van der Waals surface area (Å²) in [7, 11) is 0. The third kappa shape index (κ3) is 4.19. The molecule has 2 atom stereocenters. The van der Waals surface area contributed by atoms with Gasteiger partial charge in [-0.25, -0.2) is 0 Å². The van der Waals surface area contributed by atoms with E-state index >= 15 is 0 Å². The highest BCUT2D eigenvalue weighted by molar-refractivity contribution is 5.06. The van der Waals surface area contributed by atoms with Crippen molar-refractivity contribution >= 4 is 0 Å². The van der Waals surface area contributed by atoms with E-state index in [4.69, 9.17) is 4.74 Å². The molecule has 114 valence electrons. The highest BCUT2D eigenvalue weighted by Gasteiger charge is 2.52. The van der Waals surface area contributed by atoms with Crippen LogP contribution in [-0.2, 0) is 4.74 Å². The molecule has 0 radical (unpaired) electrons. The van der Waals surface area contributed by atoms with E-state index in [1.165, 1.54) is 25.7 Å². The molecule has 0 heterocycles. The van der Waals surface area contributed by atoms with Crippen LogP contribution >= 0.6 is 0 Å². The second-order valence-electron chi connectivity index (χ2n) is 7.35. The summed E-state index contributed by atoms with van der Waals surface area (Å²) in [5, 5.41) is 3.72. The minimum Gasteiger partial charge on any atom is -0.377 e. The summed E-state index contributed by atoms with van der Waals surface area (Å²) in [5.74, 6) is 0. The van der Waals surface area contributed by atoms with Crippen LogP contribution in [0.15, 0.2) is 0 Å². The van der Waals surface area contributed by atoms with Crippen molar-refractivity contribution in [3.63, 3.8) is 0 Å². The monoisotopic (exact) mass is 269 g/mol. The molecule has 2 unspecified atom stereocenters. The lowest BCUT2D eigenvalue weighted by molar-refractivity contribution is -0.143. The van der Waals surface area contributed by atoms with Crippen LogP contribution in [-0.4, -0.2) is 25.3 Å². The average Bonchev–Trinajstić information content (AvgIpc) is 2.32. The summed E-state index contributed by atoms with van der Waals surface area (Å²) in [6.07, 6.45) is 6.50. The molecule has 2 heteroatoms. The van der Waals surface area contributed by atoms with Crippen molar-refractivity contribution < 1.29 is 4.74 Å². The molecule has 2 nitrogen and oxygen atoms in total. The Bertz CT molecular complexity index is 252. The fourth-order valence-corrected chi connectivity index (χ4v) is 3.29. The first-order valence-corrected chi connectivity index (χ1v) is 8.24. The summed E-state index contributed by atoms with van der Waals surface area (Å²) in [4.78, 5) is 0. The Labute approximate surface area is 120 Å². The van der Waals surface area contributed by atoms with Crippen LogP contribution in [0.25, 0.3) is 0 Å². The van der Waals surface area contributed by atoms with Gasteiger partial charge < -0.3 is 10.1 Å². The van der Waals surface area contributed by atoms with Crippen LogP contribution in [0.3, 0.4) is 0 Å². The topological polar surface area (TPSA) is 21.3 Å². The molecule has 0 amide bonds. The minimum absolute atomic E-state index is 0.380. The highest BCUT2D eigenvalue weighted by Crippen LogP contribution is 2.49. The maximum atomic E-state index is 6.22. The van der Waals surface area contributed by atoms with Crippen LogP contribution in [0.5, 0.6) is 0 Å². The largest absolute Gasteiger partial charge is 0.377 e. The van der Waals surface area contributed by atoms with Gasteiger partial charge in [0.25, 0.3) is 0 Å². The van der Waals surface area contributed by atoms with E-state index in [1.807, 2.05) is 0 Å². The van der Waals surface area contributed by atoms with E-state index in [2.05, 4.69) is 46.9 Å². The third-order valence-corrected chi connectivity index (χ3v) is 4.91. The van der Waals surface area contributed by atoms with Gasteiger partial charge in [-0.1, -0.05) is 41.5 Å². The number of ether oxygens (including phenoxy) is 1. The van der Waals surface area contributed by atoms with Gasteiger partial charge in [-0.2, -0.15) is 0 Å². The smallest absolute Gasteiger partial charge is 0.0661 e. The zero-order chi connectivity index (χ0) is 14.5. The van der Waals surface area contributed by atoms with Gasteiger partial charge in [-0.3, -0.25) is 0 Å². The van der Waals surface area contributed by atoms with Crippen molar-refractivity contribution in [2.45, 2.75) is 85.8 Å². The summed E-state index contributed by atoms with van der Waals surface area (Å²) in [6, 6.07) is 0.669. The van der Waals surface area contributed by atoms with Crippen molar-refractivity contribution in [1.82, 2.24) is 5.32 Å². The van der Waals surface area contributed by atoms with Gasteiger partial charge in [0, 0.05) is 18.1 Å². The molecule has 1 saturated carbocycles. The summed E-state index contributed by atoms with van der Waals surface area (Å²) < 4.78 is 6.22. The average molecular weight is 269 g/mol. The van der Waals surface area contributed by atoms with Crippen molar-refractivity contribution in [1.29, 1.82) is 0 Å². The molecule has 0 saturated heterocycles. The Morgan fingerprint density at radius 3 is 2.26 bits per heavy atom. The van der Waals surface area contributed by atoms with Gasteiger partial charge >= 0.3 is 0 Å². The van der Waals surface area contributed by atoms with E-state index in [9.17, 15) is 0 Å². The van der Waals surface area contributed by atoms with Crippen LogP contribution < -0.4 is 5.32 Å². The molecule has 1 fully saturated rings. The first kappa shape index (κ1) is 17.0. The second kappa shape index (κ2) is 7.08.